The van der Waals surface area contributed by atoms with Crippen LogP contribution in [0.2, 0.25) is 5.02 Å². The van der Waals surface area contributed by atoms with Crippen molar-refractivity contribution in [2.75, 3.05) is 11.5 Å². The Balaban J connectivity index is 2.10. The summed E-state index contributed by atoms with van der Waals surface area (Å²) in [6.07, 6.45) is 1.15. The molecule has 4 heteroatoms. The highest BCUT2D eigenvalue weighted by Crippen LogP contribution is 2.27. The summed E-state index contributed by atoms with van der Waals surface area (Å²) in [7, 11) is 0. The monoisotopic (exact) mass is 259 g/mol. The first-order valence-electron chi connectivity index (χ1n) is 5.46. The second-order valence-corrected chi connectivity index (χ2v) is 5.64. The average molecular weight is 260 g/mol. The summed E-state index contributed by atoms with van der Waals surface area (Å²) in [4.78, 5) is 0. The lowest BCUT2D eigenvalue weighted by atomic mass is 10.1. The molecule has 1 nitrogen and oxygen atoms in total. The Labute approximate surface area is 105 Å². The van der Waals surface area contributed by atoms with Crippen molar-refractivity contribution in [1.82, 2.24) is 5.32 Å². The molecule has 0 aliphatic carbocycles. The van der Waals surface area contributed by atoms with E-state index in [2.05, 4.69) is 5.32 Å². The molecule has 88 valence electrons. The van der Waals surface area contributed by atoms with E-state index in [1.54, 1.807) is 12.1 Å². The Hall–Kier alpha value is -0.250. The molecule has 0 aromatic heterocycles. The van der Waals surface area contributed by atoms with E-state index < -0.39 is 0 Å². The van der Waals surface area contributed by atoms with E-state index in [1.807, 2.05) is 18.7 Å². The van der Waals surface area contributed by atoms with Crippen LogP contribution in [0.15, 0.2) is 18.2 Å². The molecule has 16 heavy (non-hydrogen) atoms. The molecule has 1 aromatic rings. The lowest BCUT2D eigenvalue weighted by Gasteiger charge is -2.20. The minimum atomic E-state index is -0.224. The zero-order valence-electron chi connectivity index (χ0n) is 9.17. The lowest BCUT2D eigenvalue weighted by Crippen LogP contribution is -2.31. The smallest absolute Gasteiger partial charge is 0.129 e. The van der Waals surface area contributed by atoms with Gasteiger partial charge in [0.25, 0.3) is 0 Å². The van der Waals surface area contributed by atoms with E-state index in [0.717, 1.165) is 12.2 Å². The molecular weight excluding hydrogens is 245 g/mol. The molecule has 0 saturated carbocycles. The van der Waals surface area contributed by atoms with Gasteiger partial charge in [-0.25, -0.2) is 4.39 Å². The quantitative estimate of drug-likeness (QED) is 0.890. The van der Waals surface area contributed by atoms with Gasteiger partial charge in [-0.3, -0.25) is 0 Å². The first-order valence-corrected chi connectivity index (χ1v) is 6.99. The van der Waals surface area contributed by atoms with Gasteiger partial charge in [-0.2, -0.15) is 11.8 Å². The molecule has 0 spiro atoms. The van der Waals surface area contributed by atoms with Gasteiger partial charge in [-0.15, -0.1) is 0 Å². The van der Waals surface area contributed by atoms with Crippen molar-refractivity contribution in [2.24, 2.45) is 0 Å². The Morgan fingerprint density at radius 3 is 3.00 bits per heavy atom. The van der Waals surface area contributed by atoms with E-state index in [-0.39, 0.29) is 11.9 Å². The molecule has 1 aliphatic rings. The maximum atomic E-state index is 13.6. The van der Waals surface area contributed by atoms with Gasteiger partial charge >= 0.3 is 0 Å². The maximum Gasteiger partial charge on any atom is 0.129 e. The van der Waals surface area contributed by atoms with Crippen LogP contribution in [0.25, 0.3) is 0 Å². The van der Waals surface area contributed by atoms with Crippen LogP contribution in [0.4, 0.5) is 4.39 Å². The molecule has 0 radical (unpaired) electrons. The van der Waals surface area contributed by atoms with Crippen LogP contribution in [0.3, 0.4) is 0 Å². The minimum absolute atomic E-state index is 0.0302. The Kier molecular flexibility index (Phi) is 4.11. The summed E-state index contributed by atoms with van der Waals surface area (Å²) in [6.45, 7) is 1.97. The molecule has 2 atom stereocenters. The van der Waals surface area contributed by atoms with Crippen molar-refractivity contribution < 1.29 is 4.39 Å². The van der Waals surface area contributed by atoms with Crippen LogP contribution in [0.1, 0.15) is 24.9 Å². The number of hydrogen-bond donors (Lipinski definition) is 1. The highest BCUT2D eigenvalue weighted by molar-refractivity contribution is 7.99. The molecule has 1 heterocycles. The third-order valence-corrected chi connectivity index (χ3v) is 4.34. The highest BCUT2D eigenvalue weighted by Gasteiger charge is 2.21. The van der Waals surface area contributed by atoms with Gasteiger partial charge in [0.15, 0.2) is 0 Å². The van der Waals surface area contributed by atoms with Crippen LogP contribution in [0.5, 0.6) is 0 Å². The zero-order valence-corrected chi connectivity index (χ0v) is 10.7. The van der Waals surface area contributed by atoms with Crippen LogP contribution < -0.4 is 5.32 Å². The predicted molar refractivity (Wildman–Crippen MR) is 68.7 cm³/mol. The van der Waals surface area contributed by atoms with Crippen molar-refractivity contribution in [1.29, 1.82) is 0 Å². The second-order valence-electron chi connectivity index (χ2n) is 4.08. The summed E-state index contributed by atoms with van der Waals surface area (Å²) in [5.41, 5.74) is 0.584. The topological polar surface area (TPSA) is 12.0 Å². The normalized spacial score (nSPS) is 22.3. The number of benzene rings is 1. The van der Waals surface area contributed by atoms with E-state index in [9.17, 15) is 4.39 Å². The summed E-state index contributed by atoms with van der Waals surface area (Å²) < 4.78 is 13.6. The molecule has 1 saturated heterocycles. The fourth-order valence-corrected chi connectivity index (χ4v) is 3.52. The van der Waals surface area contributed by atoms with Crippen molar-refractivity contribution in [3.05, 3.63) is 34.6 Å². The van der Waals surface area contributed by atoms with Gasteiger partial charge in [0, 0.05) is 28.4 Å². The third-order valence-electron chi connectivity index (χ3n) is 2.85. The van der Waals surface area contributed by atoms with E-state index in [4.69, 9.17) is 11.6 Å². The lowest BCUT2D eigenvalue weighted by molar-refractivity contribution is 0.468. The van der Waals surface area contributed by atoms with Crippen LogP contribution >= 0.6 is 23.4 Å². The van der Waals surface area contributed by atoms with Crippen LogP contribution in [-0.2, 0) is 0 Å². The minimum Gasteiger partial charge on any atom is -0.306 e. The second kappa shape index (κ2) is 5.39. The number of thioether (sulfide) groups is 1. The van der Waals surface area contributed by atoms with Gasteiger partial charge < -0.3 is 5.32 Å². The van der Waals surface area contributed by atoms with Crippen LogP contribution in [0, 0.1) is 5.82 Å². The van der Waals surface area contributed by atoms with E-state index in [0.29, 0.717) is 16.6 Å². The fraction of sp³-hybridized carbons (Fsp3) is 0.500. The summed E-state index contributed by atoms with van der Waals surface area (Å²) in [5.74, 6) is 2.07. The predicted octanol–water partition coefficient (Wildman–Crippen LogP) is 3.64. The molecule has 1 fully saturated rings. The van der Waals surface area contributed by atoms with Gasteiger partial charge in [0.2, 0.25) is 0 Å². The molecule has 1 aromatic carbocycles. The number of rotatable bonds is 3. The van der Waals surface area contributed by atoms with E-state index in [1.165, 1.54) is 11.8 Å². The number of hydrogen-bond acceptors (Lipinski definition) is 2. The first-order chi connectivity index (χ1) is 7.68. The number of halogens is 2. The molecule has 0 bridgehead atoms. The highest BCUT2D eigenvalue weighted by atomic mass is 35.5. The Morgan fingerprint density at radius 1 is 1.56 bits per heavy atom. The van der Waals surface area contributed by atoms with Crippen molar-refractivity contribution in [3.63, 3.8) is 0 Å². The van der Waals surface area contributed by atoms with Gasteiger partial charge in [0.1, 0.15) is 5.82 Å². The third kappa shape index (κ3) is 2.70. The number of nitrogens with one attached hydrogen (secondary N) is 1. The fourth-order valence-electron chi connectivity index (χ4n) is 2.03. The van der Waals surface area contributed by atoms with Crippen molar-refractivity contribution >= 4 is 23.4 Å². The van der Waals surface area contributed by atoms with Gasteiger partial charge in [0.05, 0.1) is 0 Å². The van der Waals surface area contributed by atoms with Gasteiger partial charge in [-0.05, 0) is 31.2 Å². The molecule has 1 aliphatic heterocycles. The Morgan fingerprint density at radius 2 is 2.38 bits per heavy atom. The molecule has 2 rings (SSSR count). The molecule has 2 unspecified atom stereocenters. The van der Waals surface area contributed by atoms with Crippen LogP contribution in [-0.4, -0.2) is 17.5 Å². The Bertz CT molecular complexity index is 346. The van der Waals surface area contributed by atoms with Crippen molar-refractivity contribution in [2.45, 2.75) is 25.4 Å². The summed E-state index contributed by atoms with van der Waals surface area (Å²) >= 11 is 7.96. The van der Waals surface area contributed by atoms with Gasteiger partial charge in [-0.1, -0.05) is 17.7 Å². The molecular formula is C12H15ClFNS. The zero-order chi connectivity index (χ0) is 11.5. The SMILES string of the molecule is CC(NC1CCSC1)c1c(F)cccc1Cl. The maximum absolute atomic E-state index is 13.6. The largest absolute Gasteiger partial charge is 0.306 e. The van der Waals surface area contributed by atoms with Crippen molar-refractivity contribution in [3.8, 4) is 0 Å². The standard InChI is InChI=1S/C12H15ClFNS/c1-8(15-9-5-6-16-7-9)12-10(13)3-2-4-11(12)14/h2-4,8-9,15H,5-7H2,1H3. The van der Waals surface area contributed by atoms with E-state index >= 15 is 0 Å². The molecule has 0 amide bonds. The summed E-state index contributed by atoms with van der Waals surface area (Å²) in [6, 6.07) is 5.29. The summed E-state index contributed by atoms with van der Waals surface area (Å²) in [5, 5.41) is 3.94. The average Bonchev–Trinajstić information content (AvgIpc) is 2.70. The molecule has 1 N–H and O–H groups in total. The first kappa shape index (κ1) is 12.2.